The molecule has 1 unspecified atom stereocenters. The Morgan fingerprint density at radius 2 is 1.91 bits per heavy atom. The summed E-state index contributed by atoms with van der Waals surface area (Å²) in [6, 6.07) is 11.4. The fraction of sp³-hybridized carbons (Fsp3) is 0.133. The van der Waals surface area contributed by atoms with E-state index >= 15 is 0 Å². The lowest BCUT2D eigenvalue weighted by Crippen LogP contribution is -2.22. The van der Waals surface area contributed by atoms with Gasteiger partial charge >= 0.3 is 5.97 Å². The van der Waals surface area contributed by atoms with Gasteiger partial charge in [-0.25, -0.2) is 13.4 Å². The number of hydrogen-bond donors (Lipinski definition) is 0. The van der Waals surface area contributed by atoms with Crippen molar-refractivity contribution in [3.63, 3.8) is 0 Å². The molecule has 0 heterocycles. The van der Waals surface area contributed by atoms with Gasteiger partial charge in [0.25, 0.3) is 0 Å². The summed E-state index contributed by atoms with van der Waals surface area (Å²) in [5.74, 6) is -1.36. The molecule has 0 aliphatic rings. The first-order valence-electron chi connectivity index (χ1n) is 6.23. The smallest absolute Gasteiger partial charge is 0.339 e. The van der Waals surface area contributed by atoms with Crippen LogP contribution in [0.3, 0.4) is 0 Å². The van der Waals surface area contributed by atoms with Gasteiger partial charge in [0.15, 0.2) is 11.0 Å². The van der Waals surface area contributed by atoms with Crippen molar-refractivity contribution in [3.05, 3.63) is 58.3 Å². The van der Waals surface area contributed by atoms with Crippen LogP contribution in [0.15, 0.2) is 51.8 Å². The van der Waals surface area contributed by atoms with Crippen LogP contribution in [0.5, 0.6) is 0 Å². The van der Waals surface area contributed by atoms with E-state index in [1.54, 1.807) is 19.2 Å². The molecular weight excluding hydrogens is 373 g/mol. The standard InChI is InChI=1S/C15H13BrFNO3S/c1-18(10-6-4-3-5-7-10)22(20)14-9-12(16)13(17)8-11(14)15(19)21-2/h3-9H,1-2H3. The van der Waals surface area contributed by atoms with E-state index in [2.05, 4.69) is 20.7 Å². The summed E-state index contributed by atoms with van der Waals surface area (Å²) in [6.45, 7) is 0. The zero-order chi connectivity index (χ0) is 16.3. The molecule has 0 aliphatic carbocycles. The van der Waals surface area contributed by atoms with Gasteiger partial charge in [0.05, 0.1) is 22.0 Å². The van der Waals surface area contributed by atoms with Crippen LogP contribution in [0.4, 0.5) is 10.1 Å². The Balaban J connectivity index is 2.49. The normalized spacial score (nSPS) is 11.8. The number of nitrogens with zero attached hydrogens (tertiary/aromatic N) is 1. The minimum Gasteiger partial charge on any atom is -0.465 e. The highest BCUT2D eigenvalue weighted by molar-refractivity contribution is 9.10. The Morgan fingerprint density at radius 3 is 2.50 bits per heavy atom. The lowest BCUT2D eigenvalue weighted by atomic mass is 10.2. The topological polar surface area (TPSA) is 46.6 Å². The average Bonchev–Trinajstić information content (AvgIpc) is 2.55. The van der Waals surface area contributed by atoms with Crippen molar-refractivity contribution in [1.82, 2.24) is 0 Å². The number of benzene rings is 2. The van der Waals surface area contributed by atoms with E-state index in [1.165, 1.54) is 17.5 Å². The van der Waals surface area contributed by atoms with Crippen LogP contribution >= 0.6 is 15.9 Å². The van der Waals surface area contributed by atoms with E-state index in [0.29, 0.717) is 5.69 Å². The molecule has 116 valence electrons. The summed E-state index contributed by atoms with van der Waals surface area (Å²) in [4.78, 5) is 12.0. The van der Waals surface area contributed by atoms with E-state index < -0.39 is 22.8 Å². The monoisotopic (exact) mass is 385 g/mol. The second-order valence-corrected chi connectivity index (χ2v) is 6.68. The highest BCUT2D eigenvalue weighted by Crippen LogP contribution is 2.27. The van der Waals surface area contributed by atoms with Crippen molar-refractivity contribution in [1.29, 1.82) is 0 Å². The van der Waals surface area contributed by atoms with Gasteiger partial charge in [0, 0.05) is 12.7 Å². The average molecular weight is 386 g/mol. The molecular formula is C15H13BrFNO3S. The van der Waals surface area contributed by atoms with Gasteiger partial charge in [-0.05, 0) is 40.2 Å². The van der Waals surface area contributed by atoms with Gasteiger partial charge in [0.2, 0.25) is 0 Å². The molecule has 0 saturated carbocycles. The number of halogens is 2. The molecule has 2 aromatic carbocycles. The van der Waals surface area contributed by atoms with Crippen molar-refractivity contribution in [3.8, 4) is 0 Å². The highest BCUT2D eigenvalue weighted by Gasteiger charge is 2.22. The molecule has 0 fully saturated rings. The van der Waals surface area contributed by atoms with Crippen molar-refractivity contribution < 1.29 is 18.1 Å². The SMILES string of the molecule is COC(=O)c1cc(F)c(Br)cc1S(=O)N(C)c1ccccc1. The molecule has 0 saturated heterocycles. The number of hydrogen-bond acceptors (Lipinski definition) is 3. The lowest BCUT2D eigenvalue weighted by molar-refractivity contribution is 0.0596. The van der Waals surface area contributed by atoms with E-state index in [-0.39, 0.29) is 14.9 Å². The molecule has 0 amide bonds. The van der Waals surface area contributed by atoms with Gasteiger partial charge in [-0.3, -0.25) is 4.31 Å². The molecule has 0 aliphatic heterocycles. The summed E-state index contributed by atoms with van der Waals surface area (Å²) in [7, 11) is 1.12. The maximum Gasteiger partial charge on any atom is 0.339 e. The number of esters is 1. The number of ether oxygens (including phenoxy) is 1. The van der Waals surface area contributed by atoms with Crippen molar-refractivity contribution in [2.24, 2.45) is 0 Å². The third kappa shape index (κ3) is 3.36. The largest absolute Gasteiger partial charge is 0.465 e. The van der Waals surface area contributed by atoms with Crippen LogP contribution in [0.25, 0.3) is 0 Å². The second kappa shape index (κ2) is 7.02. The Morgan fingerprint density at radius 1 is 1.27 bits per heavy atom. The van der Waals surface area contributed by atoms with E-state index in [9.17, 15) is 13.4 Å². The number of carbonyl (C=O) groups excluding carboxylic acids is 1. The van der Waals surface area contributed by atoms with Crippen molar-refractivity contribution in [2.75, 3.05) is 18.5 Å². The number of methoxy groups -OCH3 is 1. The van der Waals surface area contributed by atoms with E-state index in [0.717, 1.165) is 6.07 Å². The van der Waals surface area contributed by atoms with Crippen LogP contribution in [-0.4, -0.2) is 24.3 Å². The molecule has 0 aromatic heterocycles. The van der Waals surface area contributed by atoms with Crippen LogP contribution in [0, 0.1) is 5.82 Å². The van der Waals surface area contributed by atoms with Crippen LogP contribution in [0.1, 0.15) is 10.4 Å². The Hall–Kier alpha value is -1.73. The van der Waals surface area contributed by atoms with Gasteiger partial charge in [-0.15, -0.1) is 0 Å². The third-order valence-electron chi connectivity index (χ3n) is 2.98. The van der Waals surface area contributed by atoms with Gasteiger partial charge in [-0.1, -0.05) is 18.2 Å². The summed E-state index contributed by atoms with van der Waals surface area (Å²) < 4.78 is 32.7. The molecule has 1 atom stereocenters. The molecule has 2 rings (SSSR count). The number of carbonyl (C=O) groups is 1. The van der Waals surface area contributed by atoms with Gasteiger partial charge in [-0.2, -0.15) is 0 Å². The summed E-state index contributed by atoms with van der Waals surface area (Å²) in [5.41, 5.74) is 0.640. The number of para-hydroxylation sites is 1. The zero-order valence-electron chi connectivity index (χ0n) is 11.9. The van der Waals surface area contributed by atoms with Crippen molar-refractivity contribution in [2.45, 2.75) is 4.90 Å². The Labute approximate surface area is 138 Å². The molecule has 0 bridgehead atoms. The van der Waals surface area contributed by atoms with Gasteiger partial charge in [0.1, 0.15) is 5.82 Å². The first-order chi connectivity index (χ1) is 10.5. The predicted molar refractivity (Wildman–Crippen MR) is 86.7 cm³/mol. The van der Waals surface area contributed by atoms with E-state index in [1.807, 2.05) is 18.2 Å². The Kier molecular flexibility index (Phi) is 5.31. The first kappa shape index (κ1) is 16.6. The van der Waals surface area contributed by atoms with Crippen LogP contribution < -0.4 is 4.31 Å². The maximum atomic E-state index is 13.7. The van der Waals surface area contributed by atoms with E-state index in [4.69, 9.17) is 0 Å². The Bertz CT molecular complexity index is 724. The fourth-order valence-electron chi connectivity index (χ4n) is 1.82. The molecule has 7 heteroatoms. The molecule has 4 nitrogen and oxygen atoms in total. The van der Waals surface area contributed by atoms with Crippen molar-refractivity contribution >= 4 is 38.6 Å². The highest BCUT2D eigenvalue weighted by atomic mass is 79.9. The van der Waals surface area contributed by atoms with Crippen LogP contribution in [0.2, 0.25) is 0 Å². The second-order valence-electron chi connectivity index (χ2n) is 4.34. The third-order valence-corrected chi connectivity index (χ3v) is 5.01. The summed E-state index contributed by atoms with van der Waals surface area (Å²) >= 11 is 3.04. The van der Waals surface area contributed by atoms with Crippen LogP contribution in [-0.2, 0) is 15.7 Å². The van der Waals surface area contributed by atoms with Gasteiger partial charge < -0.3 is 4.74 Å². The fourth-order valence-corrected chi connectivity index (χ4v) is 3.48. The molecule has 22 heavy (non-hydrogen) atoms. The predicted octanol–water partition coefficient (Wildman–Crippen LogP) is 3.53. The molecule has 0 spiro atoms. The number of anilines is 1. The first-order valence-corrected chi connectivity index (χ1v) is 8.13. The summed E-state index contributed by atoms with van der Waals surface area (Å²) in [5, 5.41) is 0. The molecule has 0 radical (unpaired) electrons. The molecule has 2 aromatic rings. The molecule has 0 N–H and O–H groups in total. The quantitative estimate of drug-likeness (QED) is 0.756. The maximum absolute atomic E-state index is 13.7. The summed E-state index contributed by atoms with van der Waals surface area (Å²) in [6.07, 6.45) is 0. The minimum atomic E-state index is -1.70. The zero-order valence-corrected chi connectivity index (χ0v) is 14.3. The number of rotatable bonds is 4. The lowest BCUT2D eigenvalue weighted by Gasteiger charge is -2.19. The minimum absolute atomic E-state index is 0.0654.